The molecule has 0 radical (unpaired) electrons. The van der Waals surface area contributed by atoms with Gasteiger partial charge in [0.1, 0.15) is 12.8 Å². The van der Waals surface area contributed by atoms with Crippen LogP contribution in [0.4, 0.5) is 10.1 Å². The molecule has 0 spiro atoms. The van der Waals surface area contributed by atoms with Gasteiger partial charge in [0, 0.05) is 31.1 Å². The lowest BCUT2D eigenvalue weighted by atomic mass is 9.48. The molecule has 41 heavy (non-hydrogen) atoms. The first-order valence-corrected chi connectivity index (χ1v) is 15.7. The molecule has 1 aromatic carbocycles. The third-order valence-electron chi connectivity index (χ3n) is 11.3. The number of allylic oxidation sites excluding steroid dienone is 4. The highest BCUT2D eigenvalue weighted by atomic mass is 19.1. The minimum atomic E-state index is -1.12. The summed E-state index contributed by atoms with van der Waals surface area (Å²) in [5.74, 6) is 6.57. The Morgan fingerprint density at radius 1 is 1.17 bits per heavy atom. The number of hydrogen-bond acceptors (Lipinski definition) is 5. The molecule has 6 heteroatoms. The van der Waals surface area contributed by atoms with Gasteiger partial charge in [-0.3, -0.25) is 4.79 Å². The second-order valence-electron chi connectivity index (χ2n) is 13.0. The number of rotatable bonds is 4. The molecule has 0 bridgehead atoms. The van der Waals surface area contributed by atoms with Crippen LogP contribution in [0.5, 0.6) is 0 Å². The number of oxime groups is 1. The molecule has 218 valence electrons. The molecule has 5 aliphatic rings. The van der Waals surface area contributed by atoms with E-state index in [2.05, 4.69) is 53.1 Å². The molecule has 6 atom stereocenters. The smallest absolute Gasteiger partial charge is 0.151 e. The summed E-state index contributed by atoms with van der Waals surface area (Å²) in [6.07, 6.45) is 8.71. The maximum Gasteiger partial charge on any atom is 0.151 e. The third kappa shape index (κ3) is 4.47. The number of carbonyl (C=O) groups is 1. The van der Waals surface area contributed by atoms with Crippen LogP contribution in [0.2, 0.25) is 0 Å². The maximum atomic E-state index is 16.0. The fraction of sp³-hybridized carbons (Fsp3) is 0.600. The van der Waals surface area contributed by atoms with Gasteiger partial charge < -0.3 is 15.2 Å². The number of fused-ring (bicyclic) bond motifs is 4. The number of benzene rings is 1. The number of piperidine rings is 1. The van der Waals surface area contributed by atoms with Gasteiger partial charge in [0.2, 0.25) is 0 Å². The van der Waals surface area contributed by atoms with Crippen molar-refractivity contribution in [2.24, 2.45) is 27.8 Å². The van der Waals surface area contributed by atoms with E-state index in [0.717, 1.165) is 31.5 Å². The Kier molecular flexibility index (Phi) is 7.61. The average Bonchev–Trinajstić information content (AvgIpc) is 3.32. The predicted octanol–water partition coefficient (Wildman–Crippen LogP) is 6.75. The molecule has 1 aromatic rings. The van der Waals surface area contributed by atoms with Gasteiger partial charge in [-0.2, -0.15) is 0 Å². The van der Waals surface area contributed by atoms with Crippen LogP contribution in [0.25, 0.3) is 0 Å². The predicted molar refractivity (Wildman–Crippen MR) is 160 cm³/mol. The fourth-order valence-electron chi connectivity index (χ4n) is 9.35. The summed E-state index contributed by atoms with van der Waals surface area (Å²) in [5, 5.41) is 22.5. The number of anilines is 1. The first-order chi connectivity index (χ1) is 19.9. The van der Waals surface area contributed by atoms with Crippen LogP contribution in [-0.2, 0) is 4.79 Å². The van der Waals surface area contributed by atoms with Gasteiger partial charge in [-0.25, -0.2) is 4.39 Å². The summed E-state index contributed by atoms with van der Waals surface area (Å²) in [6.45, 7) is 6.05. The lowest BCUT2D eigenvalue weighted by Gasteiger charge is -2.55. The van der Waals surface area contributed by atoms with Crippen LogP contribution < -0.4 is 4.90 Å². The van der Waals surface area contributed by atoms with E-state index in [-0.39, 0.29) is 30.1 Å². The van der Waals surface area contributed by atoms with Crippen molar-refractivity contribution in [2.45, 2.75) is 90.1 Å². The number of carbonyl (C=O) groups excluding carboxylic acids is 1. The van der Waals surface area contributed by atoms with Crippen molar-refractivity contribution < 1.29 is 19.5 Å². The van der Waals surface area contributed by atoms with Gasteiger partial charge in [0.25, 0.3) is 0 Å². The van der Waals surface area contributed by atoms with E-state index in [1.165, 1.54) is 36.1 Å². The monoisotopic (exact) mass is 558 g/mol. The number of aliphatic hydroxyl groups is 1. The SMILES string of the molecule is CCC(=O)[C@@]1(C#CCO)CC[C@H]2[C@@H]3CC(F)C4=C/C(=N/O)CCC4=C3[C@@H](c3ccc(N4CCCCC4)cc3)C[C@@]21C. The number of aliphatic hydroxyl groups excluding tert-OH is 1. The van der Waals surface area contributed by atoms with Gasteiger partial charge in [-0.1, -0.05) is 48.5 Å². The van der Waals surface area contributed by atoms with Gasteiger partial charge >= 0.3 is 0 Å². The Hall–Kier alpha value is -2.91. The van der Waals surface area contributed by atoms with Gasteiger partial charge in [-0.05, 0) is 110 Å². The summed E-state index contributed by atoms with van der Waals surface area (Å²) < 4.78 is 16.0. The zero-order valence-electron chi connectivity index (χ0n) is 24.5. The second kappa shape index (κ2) is 11.1. The molecule has 1 aliphatic heterocycles. The van der Waals surface area contributed by atoms with Crippen molar-refractivity contribution in [3.8, 4) is 11.8 Å². The van der Waals surface area contributed by atoms with E-state index in [1.54, 1.807) is 6.08 Å². The fourth-order valence-corrected chi connectivity index (χ4v) is 9.35. The van der Waals surface area contributed by atoms with E-state index in [0.29, 0.717) is 43.4 Å². The summed E-state index contributed by atoms with van der Waals surface area (Å²) in [7, 11) is 0. The molecule has 1 saturated heterocycles. The molecular weight excluding hydrogens is 515 g/mol. The standard InChI is InChI=1S/C35H43FN2O3/c1-3-32(40)35(15-7-19-39)16-14-30-28-21-31(36)27-20-24(37-41)10-13-26(27)33(28)29(22-34(30,35)2)23-8-11-25(12-9-23)38-17-5-4-6-18-38/h8-9,11-12,20,28-31,39,41H,3-6,10,13-14,16-19,21-22H2,1-2H3/b37-24+/t28-,29+,30-,31?,34-,35+/m0/s1. The van der Waals surface area contributed by atoms with E-state index in [1.807, 2.05) is 6.92 Å². The topological polar surface area (TPSA) is 73.1 Å². The minimum absolute atomic E-state index is 0.0257. The molecule has 3 fully saturated rings. The number of halogens is 1. The molecule has 6 rings (SSSR count). The Labute approximate surface area is 243 Å². The summed E-state index contributed by atoms with van der Waals surface area (Å²) in [6, 6.07) is 9.01. The van der Waals surface area contributed by atoms with Gasteiger partial charge in [0.05, 0.1) is 11.1 Å². The van der Waals surface area contributed by atoms with Gasteiger partial charge in [-0.15, -0.1) is 0 Å². The van der Waals surface area contributed by atoms with Crippen LogP contribution in [-0.4, -0.2) is 47.7 Å². The van der Waals surface area contributed by atoms with Crippen molar-refractivity contribution in [3.05, 3.63) is 52.6 Å². The molecule has 1 heterocycles. The van der Waals surface area contributed by atoms with E-state index >= 15 is 4.39 Å². The summed E-state index contributed by atoms with van der Waals surface area (Å²) in [4.78, 5) is 16.2. The van der Waals surface area contributed by atoms with Crippen LogP contribution >= 0.6 is 0 Å². The molecule has 0 aromatic heterocycles. The van der Waals surface area contributed by atoms with Crippen molar-refractivity contribution in [2.75, 3.05) is 24.6 Å². The number of ketones is 1. The highest BCUT2D eigenvalue weighted by molar-refractivity contribution is 5.97. The van der Waals surface area contributed by atoms with E-state index < -0.39 is 17.0 Å². The maximum absolute atomic E-state index is 16.0. The Balaban J connectivity index is 1.50. The van der Waals surface area contributed by atoms with Crippen LogP contribution in [0.15, 0.2) is 52.2 Å². The minimum Gasteiger partial charge on any atom is -0.411 e. The Morgan fingerprint density at radius 2 is 1.93 bits per heavy atom. The quantitative estimate of drug-likeness (QED) is 0.244. The summed E-state index contributed by atoms with van der Waals surface area (Å²) in [5.41, 5.74) is 4.88. The lowest BCUT2D eigenvalue weighted by Crippen LogP contribution is -2.51. The van der Waals surface area contributed by atoms with Crippen LogP contribution in [0.1, 0.15) is 89.5 Å². The zero-order valence-corrected chi connectivity index (χ0v) is 24.5. The Morgan fingerprint density at radius 3 is 2.61 bits per heavy atom. The largest absolute Gasteiger partial charge is 0.411 e. The van der Waals surface area contributed by atoms with Crippen molar-refractivity contribution >= 4 is 17.2 Å². The molecule has 2 saturated carbocycles. The molecule has 2 N–H and O–H groups in total. The summed E-state index contributed by atoms with van der Waals surface area (Å²) >= 11 is 0. The number of Topliss-reactive ketones (excluding diaryl/α,β-unsaturated/α-hetero) is 1. The zero-order chi connectivity index (χ0) is 28.8. The lowest BCUT2D eigenvalue weighted by molar-refractivity contribution is -0.132. The normalized spacial score (nSPS) is 35.7. The van der Waals surface area contributed by atoms with Crippen LogP contribution in [0, 0.1) is 34.5 Å². The number of alkyl halides is 1. The second-order valence-corrected chi connectivity index (χ2v) is 13.0. The molecule has 0 amide bonds. The average molecular weight is 559 g/mol. The first-order valence-electron chi connectivity index (χ1n) is 15.7. The highest BCUT2D eigenvalue weighted by Gasteiger charge is 2.65. The molecule has 1 unspecified atom stereocenters. The number of nitrogens with zero attached hydrogens (tertiary/aromatic N) is 2. The van der Waals surface area contributed by atoms with Crippen LogP contribution in [0.3, 0.4) is 0 Å². The van der Waals surface area contributed by atoms with E-state index in [9.17, 15) is 15.1 Å². The third-order valence-corrected chi connectivity index (χ3v) is 11.3. The molecular formula is C35H43FN2O3. The Bertz CT molecular complexity index is 1350. The van der Waals surface area contributed by atoms with E-state index in [4.69, 9.17) is 0 Å². The van der Waals surface area contributed by atoms with Gasteiger partial charge in [0.15, 0.2) is 5.78 Å². The first kappa shape index (κ1) is 28.2. The van der Waals surface area contributed by atoms with Crippen molar-refractivity contribution in [1.29, 1.82) is 0 Å². The van der Waals surface area contributed by atoms with Crippen molar-refractivity contribution in [1.82, 2.24) is 0 Å². The molecule has 4 aliphatic carbocycles. The molecule has 5 nitrogen and oxygen atoms in total. The van der Waals surface area contributed by atoms with Crippen molar-refractivity contribution in [3.63, 3.8) is 0 Å². The number of hydrogen-bond donors (Lipinski definition) is 2. The highest BCUT2D eigenvalue weighted by Crippen LogP contribution is 2.70.